The Balaban J connectivity index is 2.72. The number of hydroxylamine groups is 1. The van der Waals surface area contributed by atoms with Crippen molar-refractivity contribution in [1.29, 1.82) is 0 Å². The quantitative estimate of drug-likeness (QED) is 0.450. The second-order valence-corrected chi connectivity index (χ2v) is 5.95. The first-order valence-electron chi connectivity index (χ1n) is 4.55. The standard InChI is InChI=1S/C7H12N4O5S2/c1-4(12)10-16-3-5(13)6-11(2)9-7(17-6)18(8,14)15/h13H,3H2,1-2H3,(H,10,12)(H2,8,14,15). The minimum atomic E-state index is -3.92. The van der Waals surface area contributed by atoms with Gasteiger partial charge in [0, 0.05) is 14.0 Å². The molecule has 0 aromatic rings. The summed E-state index contributed by atoms with van der Waals surface area (Å²) >= 11 is 0.693. The number of hydrazone groups is 1. The molecule has 0 bridgehead atoms. The van der Waals surface area contributed by atoms with Gasteiger partial charge in [0.05, 0.1) is 0 Å². The van der Waals surface area contributed by atoms with E-state index in [1.54, 1.807) is 0 Å². The van der Waals surface area contributed by atoms with Crippen LogP contribution in [-0.2, 0) is 19.7 Å². The minimum Gasteiger partial charge on any atom is -0.507 e. The lowest BCUT2D eigenvalue weighted by molar-refractivity contribution is -0.130. The maximum absolute atomic E-state index is 11.1. The molecule has 1 amide bonds. The van der Waals surface area contributed by atoms with Crippen molar-refractivity contribution in [3.05, 3.63) is 10.8 Å². The van der Waals surface area contributed by atoms with E-state index in [1.807, 2.05) is 5.48 Å². The second-order valence-electron chi connectivity index (χ2n) is 3.24. The van der Waals surface area contributed by atoms with Gasteiger partial charge in [0.25, 0.3) is 10.0 Å². The number of nitrogens with zero attached hydrogens (tertiary/aromatic N) is 2. The number of aliphatic hydroxyl groups excluding tert-OH is 1. The summed E-state index contributed by atoms with van der Waals surface area (Å²) in [5.74, 6) is -0.708. The molecule has 9 nitrogen and oxygen atoms in total. The van der Waals surface area contributed by atoms with Crippen LogP contribution in [0.3, 0.4) is 0 Å². The molecule has 0 saturated heterocycles. The van der Waals surface area contributed by atoms with Crippen molar-refractivity contribution < 1.29 is 23.2 Å². The number of thioether (sulfide) groups is 1. The third kappa shape index (κ3) is 3.87. The topological polar surface area (TPSA) is 134 Å². The third-order valence-electron chi connectivity index (χ3n) is 1.62. The highest BCUT2D eigenvalue weighted by molar-refractivity contribution is 8.36. The van der Waals surface area contributed by atoms with Gasteiger partial charge >= 0.3 is 0 Å². The van der Waals surface area contributed by atoms with Gasteiger partial charge in [0.1, 0.15) is 11.6 Å². The molecule has 0 fully saturated rings. The lowest BCUT2D eigenvalue weighted by Crippen LogP contribution is -2.22. The van der Waals surface area contributed by atoms with Crippen molar-refractivity contribution in [2.24, 2.45) is 10.2 Å². The molecular formula is C7H12N4O5S2. The summed E-state index contributed by atoms with van der Waals surface area (Å²) in [6.45, 7) is 0.919. The van der Waals surface area contributed by atoms with Crippen LogP contribution in [0.15, 0.2) is 15.9 Å². The van der Waals surface area contributed by atoms with Gasteiger partial charge < -0.3 is 5.11 Å². The molecule has 0 saturated carbocycles. The van der Waals surface area contributed by atoms with Gasteiger partial charge in [-0.3, -0.25) is 14.6 Å². The fraction of sp³-hybridized carbons (Fsp3) is 0.429. The molecule has 1 aliphatic heterocycles. The number of carbonyl (C=O) groups excluding carboxylic acids is 1. The summed E-state index contributed by atoms with van der Waals surface area (Å²) in [6, 6.07) is 0. The van der Waals surface area contributed by atoms with Crippen LogP contribution in [0, 0.1) is 0 Å². The monoisotopic (exact) mass is 296 g/mol. The number of carbonyl (C=O) groups is 1. The number of hydrogen-bond acceptors (Lipinski definition) is 8. The van der Waals surface area contributed by atoms with E-state index in [9.17, 15) is 18.3 Å². The molecule has 18 heavy (non-hydrogen) atoms. The van der Waals surface area contributed by atoms with Gasteiger partial charge in [-0.25, -0.2) is 19.0 Å². The van der Waals surface area contributed by atoms with Crippen molar-refractivity contribution in [3.63, 3.8) is 0 Å². The highest BCUT2D eigenvalue weighted by Crippen LogP contribution is 2.31. The van der Waals surface area contributed by atoms with E-state index in [0.29, 0.717) is 11.8 Å². The molecule has 0 atom stereocenters. The van der Waals surface area contributed by atoms with Crippen molar-refractivity contribution in [2.75, 3.05) is 13.7 Å². The third-order valence-corrected chi connectivity index (χ3v) is 4.09. The summed E-state index contributed by atoms with van der Waals surface area (Å²) in [4.78, 5) is 15.2. The Bertz CT molecular complexity index is 512. The van der Waals surface area contributed by atoms with E-state index < -0.39 is 15.9 Å². The summed E-state index contributed by atoms with van der Waals surface area (Å²) in [5, 5.41) is 19.5. The maximum atomic E-state index is 11.1. The highest BCUT2D eigenvalue weighted by Gasteiger charge is 2.29. The van der Waals surface area contributed by atoms with Crippen LogP contribution in [0.25, 0.3) is 0 Å². The molecule has 0 spiro atoms. The summed E-state index contributed by atoms with van der Waals surface area (Å²) < 4.78 is 21.8. The van der Waals surface area contributed by atoms with Crippen molar-refractivity contribution in [2.45, 2.75) is 6.92 Å². The zero-order chi connectivity index (χ0) is 13.9. The molecule has 11 heteroatoms. The van der Waals surface area contributed by atoms with Crippen molar-refractivity contribution in [3.8, 4) is 0 Å². The first-order valence-corrected chi connectivity index (χ1v) is 6.91. The summed E-state index contributed by atoms with van der Waals surface area (Å²) in [7, 11) is -2.48. The van der Waals surface area contributed by atoms with Crippen molar-refractivity contribution >= 4 is 32.1 Å². The lowest BCUT2D eigenvalue weighted by Gasteiger charge is -2.10. The van der Waals surface area contributed by atoms with Gasteiger partial charge in [-0.1, -0.05) is 0 Å². The van der Waals surface area contributed by atoms with E-state index in [4.69, 9.17) is 5.14 Å². The number of hydrogen-bond donors (Lipinski definition) is 3. The van der Waals surface area contributed by atoms with Gasteiger partial charge in [-0.05, 0) is 11.8 Å². The van der Waals surface area contributed by atoms with Gasteiger partial charge in [0.2, 0.25) is 10.3 Å². The molecule has 0 aromatic carbocycles. The summed E-state index contributed by atoms with van der Waals surface area (Å²) in [5.41, 5.74) is 2.01. The number of aliphatic hydroxyl groups is 1. The predicted molar refractivity (Wildman–Crippen MR) is 65.3 cm³/mol. The van der Waals surface area contributed by atoms with Crippen LogP contribution in [0.1, 0.15) is 6.92 Å². The average molecular weight is 296 g/mol. The Labute approximate surface area is 108 Å². The zero-order valence-corrected chi connectivity index (χ0v) is 11.2. The van der Waals surface area contributed by atoms with Crippen LogP contribution in [0.2, 0.25) is 0 Å². The molecular weight excluding hydrogens is 284 g/mol. The number of nitrogens with two attached hydrogens (primary N) is 1. The van der Waals surface area contributed by atoms with Crippen molar-refractivity contribution in [1.82, 2.24) is 10.5 Å². The zero-order valence-electron chi connectivity index (χ0n) is 9.58. The first-order chi connectivity index (χ1) is 8.21. The normalized spacial score (nSPS) is 18.6. The van der Waals surface area contributed by atoms with Crippen LogP contribution >= 0.6 is 11.8 Å². The molecule has 0 radical (unpaired) electrons. The number of nitrogens with one attached hydrogen (secondary N) is 1. The Hall–Kier alpha value is -1.30. The van der Waals surface area contributed by atoms with Gasteiger partial charge in [-0.2, -0.15) is 5.10 Å². The van der Waals surface area contributed by atoms with Gasteiger partial charge in [-0.15, -0.1) is 0 Å². The molecule has 0 unspecified atom stereocenters. The number of primary sulfonamides is 1. The van der Waals surface area contributed by atoms with E-state index in [0.717, 1.165) is 5.01 Å². The fourth-order valence-corrected chi connectivity index (χ4v) is 2.58. The van der Waals surface area contributed by atoms with Gasteiger partial charge in [0.15, 0.2) is 5.76 Å². The first kappa shape index (κ1) is 14.8. The highest BCUT2D eigenvalue weighted by atomic mass is 32.3. The number of rotatable bonds is 3. The lowest BCUT2D eigenvalue weighted by atomic mass is 10.5. The number of amides is 1. The smallest absolute Gasteiger partial charge is 0.263 e. The largest absolute Gasteiger partial charge is 0.507 e. The molecule has 1 heterocycles. The van der Waals surface area contributed by atoms with E-state index in [2.05, 4.69) is 9.94 Å². The van der Waals surface area contributed by atoms with Crippen LogP contribution in [-0.4, -0.2) is 42.5 Å². The summed E-state index contributed by atoms with van der Waals surface area (Å²) in [6.07, 6.45) is 0. The second kappa shape index (κ2) is 5.56. The van der Waals surface area contributed by atoms with E-state index in [1.165, 1.54) is 14.0 Å². The molecule has 102 valence electrons. The van der Waals surface area contributed by atoms with Crippen LogP contribution < -0.4 is 10.6 Å². The fourth-order valence-electron chi connectivity index (χ4n) is 0.966. The Morgan fingerprint density at radius 1 is 1.67 bits per heavy atom. The van der Waals surface area contributed by atoms with Crippen LogP contribution in [0.5, 0.6) is 0 Å². The van der Waals surface area contributed by atoms with E-state index >= 15 is 0 Å². The SMILES string of the molecule is CC(=O)NOCC(O)=C1SC(S(N)(=O)=O)=NN1C. The Morgan fingerprint density at radius 3 is 2.72 bits per heavy atom. The predicted octanol–water partition coefficient (Wildman–Crippen LogP) is -0.981. The molecule has 1 aliphatic rings. The average Bonchev–Trinajstić information content (AvgIpc) is 2.59. The van der Waals surface area contributed by atoms with Crippen LogP contribution in [0.4, 0.5) is 0 Å². The Kier molecular flexibility index (Phi) is 4.56. The molecule has 4 N–H and O–H groups in total. The molecule has 0 aliphatic carbocycles. The van der Waals surface area contributed by atoms with E-state index in [-0.39, 0.29) is 21.8 Å². The maximum Gasteiger partial charge on any atom is 0.263 e. The Morgan fingerprint density at radius 2 is 2.28 bits per heavy atom. The number of sulfonamides is 1. The minimum absolute atomic E-state index is 0.157. The molecule has 0 aromatic heterocycles. The molecule has 1 rings (SSSR count).